The highest BCUT2D eigenvalue weighted by Crippen LogP contribution is 2.11. The molecule has 0 aromatic heterocycles. The maximum Gasteiger partial charge on any atom is 0.491 e. The number of carbonyl (C=O) groups excluding carboxylic acids is 1. The first-order chi connectivity index (χ1) is 9.02. The Hall–Kier alpha value is -1.90. The minimum atomic E-state index is -1.36. The highest BCUT2D eigenvalue weighted by atomic mass is 16.5. The molecule has 0 saturated heterocycles. The van der Waals surface area contributed by atoms with Gasteiger partial charge in [0.15, 0.2) is 6.04 Å². The summed E-state index contributed by atoms with van der Waals surface area (Å²) < 4.78 is 4.99. The summed E-state index contributed by atoms with van der Waals surface area (Å²) in [6.45, 7) is -0.426. The van der Waals surface area contributed by atoms with E-state index in [-0.39, 0.29) is 12.2 Å². The number of carbonyl (C=O) groups is 2. The lowest BCUT2D eigenvalue weighted by atomic mass is 9.79. The van der Waals surface area contributed by atoms with Crippen LogP contribution < -0.4 is 10.8 Å². The quantitative estimate of drug-likeness (QED) is 0.471. The summed E-state index contributed by atoms with van der Waals surface area (Å²) >= 11 is 0. The van der Waals surface area contributed by atoms with Crippen LogP contribution in [0.5, 0.6) is 0 Å². The Morgan fingerprint density at radius 3 is 2.84 bits per heavy atom. The van der Waals surface area contributed by atoms with Gasteiger partial charge in [-0.1, -0.05) is 6.07 Å². The zero-order chi connectivity index (χ0) is 14.0. The molecule has 0 aliphatic carbocycles. The summed E-state index contributed by atoms with van der Waals surface area (Å²) in [6.07, 6.45) is 0. The highest BCUT2D eigenvalue weighted by Gasteiger charge is 2.28. The van der Waals surface area contributed by atoms with Crippen LogP contribution in [0, 0.1) is 0 Å². The number of hydrogen-bond donors (Lipinski definition) is 4. The van der Waals surface area contributed by atoms with E-state index in [1.54, 1.807) is 6.07 Å². The number of hydrogen-bond acceptors (Lipinski definition) is 5. The van der Waals surface area contributed by atoms with Gasteiger partial charge in [-0.3, -0.25) is 4.79 Å². The summed E-state index contributed by atoms with van der Waals surface area (Å²) in [5.74, 6) is -1.95. The first kappa shape index (κ1) is 13.5. The first-order valence-electron chi connectivity index (χ1n) is 5.60. The number of fused-ring (bicyclic) bond motifs is 1. The number of nitrogens with one attached hydrogen (secondary N) is 1. The van der Waals surface area contributed by atoms with Crippen LogP contribution in [-0.4, -0.2) is 46.9 Å². The number of aliphatic hydroxyl groups excluding tert-OH is 1. The molecule has 1 heterocycles. The van der Waals surface area contributed by atoms with Crippen molar-refractivity contribution < 1.29 is 29.5 Å². The van der Waals surface area contributed by atoms with Crippen LogP contribution in [0.1, 0.15) is 15.9 Å². The molecule has 100 valence electrons. The molecule has 0 saturated carbocycles. The van der Waals surface area contributed by atoms with Crippen LogP contribution in [0.4, 0.5) is 0 Å². The van der Waals surface area contributed by atoms with E-state index in [0.29, 0.717) is 5.46 Å². The molecule has 1 amide bonds. The van der Waals surface area contributed by atoms with E-state index in [4.69, 9.17) is 14.9 Å². The van der Waals surface area contributed by atoms with Gasteiger partial charge in [0.1, 0.15) is 0 Å². The van der Waals surface area contributed by atoms with Crippen molar-refractivity contribution in [3.63, 3.8) is 0 Å². The van der Waals surface area contributed by atoms with E-state index in [1.807, 2.05) is 0 Å². The summed E-state index contributed by atoms with van der Waals surface area (Å²) in [5.41, 5.74) is 1.47. The number of rotatable bonds is 4. The predicted molar refractivity (Wildman–Crippen MR) is 64.8 cm³/mol. The highest BCUT2D eigenvalue weighted by molar-refractivity contribution is 6.61. The van der Waals surface area contributed by atoms with Crippen LogP contribution in [0.25, 0.3) is 0 Å². The molecular weight excluding hydrogens is 253 g/mol. The molecule has 19 heavy (non-hydrogen) atoms. The van der Waals surface area contributed by atoms with Crippen LogP contribution in [0.2, 0.25) is 0 Å². The maximum atomic E-state index is 11.8. The SMILES string of the molecule is O=C(N[C@@H](CO)C(=O)O)c1ccc2c(c1)B(O)OC2. The van der Waals surface area contributed by atoms with E-state index in [2.05, 4.69) is 5.32 Å². The lowest BCUT2D eigenvalue weighted by Crippen LogP contribution is -2.43. The Kier molecular flexibility index (Phi) is 3.84. The minimum Gasteiger partial charge on any atom is -0.480 e. The minimum absolute atomic E-state index is 0.197. The van der Waals surface area contributed by atoms with Gasteiger partial charge in [0.2, 0.25) is 0 Å². The average Bonchev–Trinajstić information content (AvgIpc) is 2.76. The number of aliphatic carboxylic acids is 1. The van der Waals surface area contributed by atoms with Crippen LogP contribution >= 0.6 is 0 Å². The number of aliphatic hydroxyl groups is 1. The number of benzene rings is 1. The van der Waals surface area contributed by atoms with Gasteiger partial charge in [-0.15, -0.1) is 0 Å². The van der Waals surface area contributed by atoms with E-state index in [0.717, 1.165) is 5.56 Å². The monoisotopic (exact) mass is 265 g/mol. The standard InChI is InChI=1S/C11H12BNO6/c14-4-9(11(16)17)13-10(15)6-1-2-7-5-19-12(18)8(7)3-6/h1-3,9,14,18H,4-5H2,(H,13,15)(H,16,17)/t9-/m0/s1. The number of carboxylic acid groups (broad SMARTS) is 1. The summed E-state index contributed by atoms with van der Waals surface area (Å²) in [6, 6.07) is 3.22. The fourth-order valence-electron chi connectivity index (χ4n) is 1.78. The van der Waals surface area contributed by atoms with Gasteiger partial charge in [-0.25, -0.2) is 4.79 Å². The third kappa shape index (κ3) is 2.75. The molecule has 8 heteroatoms. The van der Waals surface area contributed by atoms with Gasteiger partial charge in [0.05, 0.1) is 13.2 Å². The van der Waals surface area contributed by atoms with Crippen molar-refractivity contribution in [1.82, 2.24) is 5.32 Å². The maximum absolute atomic E-state index is 11.8. The summed E-state index contributed by atoms with van der Waals surface area (Å²) in [5, 5.41) is 29.3. The number of amides is 1. The van der Waals surface area contributed by atoms with Gasteiger partial charge < -0.3 is 25.2 Å². The van der Waals surface area contributed by atoms with Crippen LogP contribution in [0.3, 0.4) is 0 Å². The summed E-state index contributed by atoms with van der Waals surface area (Å²) in [4.78, 5) is 22.5. The smallest absolute Gasteiger partial charge is 0.480 e. The molecule has 0 unspecified atom stereocenters. The third-order valence-corrected chi connectivity index (χ3v) is 2.86. The fraction of sp³-hybridized carbons (Fsp3) is 0.273. The second kappa shape index (κ2) is 5.39. The van der Waals surface area contributed by atoms with Crippen molar-refractivity contribution in [1.29, 1.82) is 0 Å². The molecule has 0 spiro atoms. The van der Waals surface area contributed by atoms with Gasteiger partial charge in [-0.2, -0.15) is 0 Å². The van der Waals surface area contributed by atoms with Crippen molar-refractivity contribution in [2.24, 2.45) is 0 Å². The summed E-state index contributed by atoms with van der Waals surface area (Å²) in [7, 11) is -1.07. The molecule has 1 aliphatic heterocycles. The molecule has 2 rings (SSSR count). The van der Waals surface area contributed by atoms with E-state index < -0.39 is 31.6 Å². The Morgan fingerprint density at radius 1 is 1.47 bits per heavy atom. The average molecular weight is 265 g/mol. The van der Waals surface area contributed by atoms with Gasteiger partial charge in [0, 0.05) is 5.56 Å². The molecule has 7 nitrogen and oxygen atoms in total. The topological polar surface area (TPSA) is 116 Å². The lowest BCUT2D eigenvalue weighted by molar-refractivity contribution is -0.140. The fourth-order valence-corrected chi connectivity index (χ4v) is 1.78. The molecule has 1 aliphatic rings. The van der Waals surface area contributed by atoms with E-state index >= 15 is 0 Å². The van der Waals surface area contributed by atoms with Crippen molar-refractivity contribution in [3.8, 4) is 0 Å². The molecule has 1 atom stereocenters. The van der Waals surface area contributed by atoms with Crippen LogP contribution in [0.15, 0.2) is 18.2 Å². The van der Waals surface area contributed by atoms with Crippen molar-refractivity contribution in [2.75, 3.05) is 6.61 Å². The molecule has 0 bridgehead atoms. The second-order valence-electron chi connectivity index (χ2n) is 4.12. The Balaban J connectivity index is 2.16. The molecule has 0 fully saturated rings. The van der Waals surface area contributed by atoms with Crippen molar-refractivity contribution in [3.05, 3.63) is 29.3 Å². The molecule has 1 aromatic rings. The molecule has 1 aromatic carbocycles. The van der Waals surface area contributed by atoms with E-state index in [1.165, 1.54) is 12.1 Å². The predicted octanol–water partition coefficient (Wildman–Crippen LogP) is -1.92. The molecule has 0 radical (unpaired) electrons. The Morgan fingerprint density at radius 2 is 2.21 bits per heavy atom. The first-order valence-corrected chi connectivity index (χ1v) is 5.60. The zero-order valence-electron chi connectivity index (χ0n) is 9.87. The Labute approximate surface area is 109 Å². The van der Waals surface area contributed by atoms with Gasteiger partial charge in [0.25, 0.3) is 5.91 Å². The zero-order valence-corrected chi connectivity index (χ0v) is 9.87. The van der Waals surface area contributed by atoms with E-state index in [9.17, 15) is 14.6 Å². The van der Waals surface area contributed by atoms with Crippen molar-refractivity contribution >= 4 is 24.5 Å². The normalized spacial score (nSPS) is 14.9. The van der Waals surface area contributed by atoms with Crippen molar-refractivity contribution in [2.45, 2.75) is 12.6 Å². The van der Waals surface area contributed by atoms with Crippen LogP contribution in [-0.2, 0) is 16.1 Å². The second-order valence-corrected chi connectivity index (χ2v) is 4.12. The van der Waals surface area contributed by atoms with Gasteiger partial charge >= 0.3 is 13.1 Å². The van der Waals surface area contributed by atoms with Gasteiger partial charge in [-0.05, 0) is 23.2 Å². The molecule has 4 N–H and O–H groups in total. The Bertz CT molecular complexity index is 520. The largest absolute Gasteiger partial charge is 0.491 e. The number of carboxylic acids is 1. The lowest BCUT2D eigenvalue weighted by Gasteiger charge is -2.12. The third-order valence-electron chi connectivity index (χ3n) is 2.86. The molecular formula is C11H12BNO6.